The number of hydrogen-bond donors (Lipinski definition) is 1. The molecule has 146 valence electrons. The molecule has 1 aliphatic rings. The summed E-state index contributed by atoms with van der Waals surface area (Å²) >= 11 is 0. The van der Waals surface area contributed by atoms with Crippen LogP contribution in [0.1, 0.15) is 45.1 Å². The van der Waals surface area contributed by atoms with E-state index in [1.807, 2.05) is 36.4 Å². The van der Waals surface area contributed by atoms with E-state index in [4.69, 9.17) is 14.2 Å². The van der Waals surface area contributed by atoms with Crippen LogP contribution in [0, 0.1) is 0 Å². The average molecular weight is 370 g/mol. The van der Waals surface area contributed by atoms with Crippen molar-refractivity contribution in [3.8, 4) is 11.5 Å². The minimum Gasteiger partial charge on any atom is -0.491 e. The molecule has 1 N–H and O–H groups in total. The number of benzene rings is 2. The van der Waals surface area contributed by atoms with Crippen molar-refractivity contribution in [3.05, 3.63) is 54.1 Å². The summed E-state index contributed by atoms with van der Waals surface area (Å²) in [6.45, 7) is 8.66. The Kier molecular flexibility index (Phi) is 6.99. The maximum absolute atomic E-state index is 6.01. The third-order valence-corrected chi connectivity index (χ3v) is 4.77. The van der Waals surface area contributed by atoms with Crippen molar-refractivity contribution >= 4 is 5.69 Å². The summed E-state index contributed by atoms with van der Waals surface area (Å²) in [4.78, 5) is 0. The van der Waals surface area contributed by atoms with Crippen molar-refractivity contribution in [1.29, 1.82) is 0 Å². The molecule has 0 aromatic heterocycles. The molecule has 4 heteroatoms. The predicted molar refractivity (Wildman–Crippen MR) is 110 cm³/mol. The van der Waals surface area contributed by atoms with E-state index in [2.05, 4.69) is 38.2 Å². The standard InChI is InChI=1S/C23H31NO3/c1-17(2)19-9-11-21(12-10-19)27-18(3)15-24-20-6-4-7-22(14-20)26-16-23-8-5-13-25-23/h4,6-7,9-12,14,17-18,23-24H,5,8,13,15-16H2,1-3H3/t18-,23-/m0/s1. The molecule has 0 saturated carbocycles. The van der Waals surface area contributed by atoms with Gasteiger partial charge in [0.2, 0.25) is 0 Å². The summed E-state index contributed by atoms with van der Waals surface area (Å²) in [5, 5.41) is 3.43. The van der Waals surface area contributed by atoms with Crippen LogP contribution in [-0.2, 0) is 4.74 Å². The second-order valence-electron chi connectivity index (χ2n) is 7.51. The van der Waals surface area contributed by atoms with Gasteiger partial charge >= 0.3 is 0 Å². The minimum absolute atomic E-state index is 0.0614. The van der Waals surface area contributed by atoms with Crippen molar-refractivity contribution in [2.75, 3.05) is 25.1 Å². The van der Waals surface area contributed by atoms with E-state index in [0.717, 1.165) is 43.2 Å². The molecule has 2 atom stereocenters. The molecule has 0 bridgehead atoms. The highest BCUT2D eigenvalue weighted by molar-refractivity contribution is 5.48. The second-order valence-corrected chi connectivity index (χ2v) is 7.51. The van der Waals surface area contributed by atoms with E-state index in [1.165, 1.54) is 5.56 Å². The molecule has 3 rings (SSSR count). The average Bonchev–Trinajstić information content (AvgIpc) is 3.19. The molecule has 0 amide bonds. The van der Waals surface area contributed by atoms with Crippen molar-refractivity contribution in [1.82, 2.24) is 0 Å². The van der Waals surface area contributed by atoms with Gasteiger partial charge in [-0.05, 0) is 55.5 Å². The van der Waals surface area contributed by atoms with Gasteiger partial charge in [0.15, 0.2) is 0 Å². The molecule has 4 nitrogen and oxygen atoms in total. The highest BCUT2D eigenvalue weighted by Crippen LogP contribution is 2.21. The fraction of sp³-hybridized carbons (Fsp3) is 0.478. The summed E-state index contributed by atoms with van der Waals surface area (Å²) in [6.07, 6.45) is 2.52. The van der Waals surface area contributed by atoms with Crippen LogP contribution in [0.15, 0.2) is 48.5 Å². The molecule has 0 spiro atoms. The normalized spacial score (nSPS) is 17.7. The number of rotatable bonds is 9. The first kappa shape index (κ1) is 19.6. The van der Waals surface area contributed by atoms with Gasteiger partial charge in [-0.1, -0.05) is 32.0 Å². The van der Waals surface area contributed by atoms with Crippen molar-refractivity contribution in [3.63, 3.8) is 0 Å². The fourth-order valence-electron chi connectivity index (χ4n) is 3.13. The Balaban J connectivity index is 1.45. The lowest BCUT2D eigenvalue weighted by molar-refractivity contribution is 0.0680. The lowest BCUT2D eigenvalue weighted by atomic mass is 10.0. The molecule has 27 heavy (non-hydrogen) atoms. The van der Waals surface area contributed by atoms with Gasteiger partial charge in [0.05, 0.1) is 12.6 Å². The third kappa shape index (κ3) is 6.17. The topological polar surface area (TPSA) is 39.7 Å². The van der Waals surface area contributed by atoms with Crippen molar-refractivity contribution in [2.45, 2.75) is 51.7 Å². The maximum atomic E-state index is 6.01. The van der Waals surface area contributed by atoms with E-state index in [0.29, 0.717) is 12.5 Å². The monoisotopic (exact) mass is 369 g/mol. The van der Waals surface area contributed by atoms with Gasteiger partial charge in [-0.25, -0.2) is 0 Å². The number of nitrogens with one attached hydrogen (secondary N) is 1. The third-order valence-electron chi connectivity index (χ3n) is 4.77. The van der Waals surface area contributed by atoms with Crippen LogP contribution < -0.4 is 14.8 Å². The zero-order valence-electron chi connectivity index (χ0n) is 16.6. The first-order valence-electron chi connectivity index (χ1n) is 9.95. The molecule has 1 fully saturated rings. The molecular weight excluding hydrogens is 338 g/mol. The molecule has 1 aliphatic heterocycles. The Labute approximate surface area is 162 Å². The van der Waals surface area contributed by atoms with Crippen LogP contribution in [-0.4, -0.2) is 32.0 Å². The quantitative estimate of drug-likeness (QED) is 0.655. The van der Waals surface area contributed by atoms with Crippen molar-refractivity contribution in [2.24, 2.45) is 0 Å². The van der Waals surface area contributed by atoms with Crippen LogP contribution in [0.3, 0.4) is 0 Å². The van der Waals surface area contributed by atoms with Gasteiger partial charge in [0.25, 0.3) is 0 Å². The zero-order valence-corrected chi connectivity index (χ0v) is 16.6. The Morgan fingerprint density at radius 2 is 1.89 bits per heavy atom. The number of anilines is 1. The van der Waals surface area contributed by atoms with Gasteiger partial charge in [0, 0.05) is 18.4 Å². The second kappa shape index (κ2) is 9.65. The minimum atomic E-state index is 0.0614. The molecule has 0 unspecified atom stereocenters. The first-order chi connectivity index (χ1) is 13.1. The first-order valence-corrected chi connectivity index (χ1v) is 9.95. The molecule has 0 radical (unpaired) electrons. The Morgan fingerprint density at radius 1 is 1.07 bits per heavy atom. The van der Waals surface area contributed by atoms with Crippen molar-refractivity contribution < 1.29 is 14.2 Å². The van der Waals surface area contributed by atoms with Gasteiger partial charge < -0.3 is 19.5 Å². The van der Waals surface area contributed by atoms with Crippen LogP contribution in [0.2, 0.25) is 0 Å². The smallest absolute Gasteiger partial charge is 0.121 e. The lowest BCUT2D eigenvalue weighted by Gasteiger charge is -2.17. The van der Waals surface area contributed by atoms with Gasteiger partial charge in [0.1, 0.15) is 24.2 Å². The maximum Gasteiger partial charge on any atom is 0.121 e. The summed E-state index contributed by atoms with van der Waals surface area (Å²) in [5.74, 6) is 2.31. The molecule has 0 aliphatic carbocycles. The fourth-order valence-corrected chi connectivity index (χ4v) is 3.13. The van der Waals surface area contributed by atoms with E-state index in [1.54, 1.807) is 0 Å². The molecular formula is C23H31NO3. The van der Waals surface area contributed by atoms with Crippen LogP contribution in [0.5, 0.6) is 11.5 Å². The zero-order chi connectivity index (χ0) is 19.1. The summed E-state index contributed by atoms with van der Waals surface area (Å²) in [6, 6.07) is 16.4. The van der Waals surface area contributed by atoms with E-state index in [-0.39, 0.29) is 12.2 Å². The van der Waals surface area contributed by atoms with Gasteiger partial charge in [-0.15, -0.1) is 0 Å². The Morgan fingerprint density at radius 3 is 2.59 bits per heavy atom. The summed E-state index contributed by atoms with van der Waals surface area (Å²) in [7, 11) is 0. The molecule has 1 saturated heterocycles. The summed E-state index contributed by atoms with van der Waals surface area (Å²) < 4.78 is 17.5. The van der Waals surface area contributed by atoms with Crippen LogP contribution >= 0.6 is 0 Å². The number of ether oxygens (including phenoxy) is 3. The van der Waals surface area contributed by atoms with Gasteiger partial charge in [-0.2, -0.15) is 0 Å². The molecule has 2 aromatic rings. The summed E-state index contributed by atoms with van der Waals surface area (Å²) in [5.41, 5.74) is 2.36. The Bertz CT molecular complexity index is 693. The molecule has 1 heterocycles. The lowest BCUT2D eigenvalue weighted by Crippen LogP contribution is -2.22. The number of hydrogen-bond acceptors (Lipinski definition) is 4. The van der Waals surface area contributed by atoms with E-state index >= 15 is 0 Å². The van der Waals surface area contributed by atoms with Gasteiger partial charge in [-0.3, -0.25) is 0 Å². The SMILES string of the molecule is CC(C)c1ccc(O[C@@H](C)CNc2cccc(OC[C@@H]3CCCO3)c2)cc1. The van der Waals surface area contributed by atoms with Crippen LogP contribution in [0.25, 0.3) is 0 Å². The highest BCUT2D eigenvalue weighted by Gasteiger charge is 2.16. The van der Waals surface area contributed by atoms with Crippen LogP contribution in [0.4, 0.5) is 5.69 Å². The van der Waals surface area contributed by atoms with E-state index < -0.39 is 0 Å². The highest BCUT2D eigenvalue weighted by atomic mass is 16.5. The predicted octanol–water partition coefficient (Wildman–Crippen LogP) is 5.25. The molecule has 2 aromatic carbocycles. The largest absolute Gasteiger partial charge is 0.491 e. The van der Waals surface area contributed by atoms with E-state index in [9.17, 15) is 0 Å². The Hall–Kier alpha value is -2.20.